The Morgan fingerprint density at radius 1 is 0.919 bits per heavy atom. The number of benzene rings is 2. The average molecular weight is 516 g/mol. The summed E-state index contributed by atoms with van der Waals surface area (Å²) < 4.78 is 0. The minimum absolute atomic E-state index is 0.441. The second-order valence-corrected chi connectivity index (χ2v) is 9.50. The zero-order chi connectivity index (χ0) is 25.6. The highest BCUT2D eigenvalue weighted by Gasteiger charge is 2.10. The van der Waals surface area contributed by atoms with Crippen molar-refractivity contribution in [2.45, 2.75) is 19.4 Å². The molecule has 190 valence electrons. The molecule has 5 rings (SSSR count). The van der Waals surface area contributed by atoms with Gasteiger partial charge >= 0.3 is 0 Å². The Kier molecular flexibility index (Phi) is 7.79. The molecule has 0 saturated carbocycles. The quantitative estimate of drug-likeness (QED) is 0.122. The monoisotopic (exact) mass is 515 g/mol. The van der Waals surface area contributed by atoms with Crippen molar-refractivity contribution in [3.05, 3.63) is 77.2 Å². The Labute approximate surface area is 220 Å². The number of carbonyl (C=O) groups excluding carboxylic acids is 1. The molecule has 0 aliphatic carbocycles. The van der Waals surface area contributed by atoms with Gasteiger partial charge in [0.25, 0.3) is 0 Å². The summed E-state index contributed by atoms with van der Waals surface area (Å²) >= 11 is 6.07. The van der Waals surface area contributed by atoms with Crippen LogP contribution in [0.4, 0.5) is 5.82 Å². The number of aromatic nitrogens is 3. The fraction of sp³-hybridized carbons (Fsp3) is 0.250. The molecule has 0 spiro atoms. The maximum Gasteiger partial charge on any atom is 0.248 e. The lowest BCUT2D eigenvalue weighted by Gasteiger charge is -2.12. The second kappa shape index (κ2) is 11.6. The van der Waals surface area contributed by atoms with Crippen LogP contribution in [0.3, 0.4) is 0 Å². The molecule has 1 amide bonds. The van der Waals surface area contributed by atoms with E-state index in [2.05, 4.69) is 32.0 Å². The largest absolute Gasteiger partial charge is 0.368 e. The molecule has 3 heterocycles. The van der Waals surface area contributed by atoms with E-state index in [9.17, 15) is 4.79 Å². The Balaban J connectivity index is 1.05. The smallest absolute Gasteiger partial charge is 0.248 e. The molecular formula is C28H30ClN7O. The summed E-state index contributed by atoms with van der Waals surface area (Å²) in [5, 5.41) is 15.2. The normalized spacial score (nSPS) is 11.5. The summed E-state index contributed by atoms with van der Waals surface area (Å²) in [5.41, 5.74) is 8.89. The van der Waals surface area contributed by atoms with Crippen molar-refractivity contribution in [3.8, 4) is 0 Å². The number of hydrogen-bond donors (Lipinski definition) is 5. The summed E-state index contributed by atoms with van der Waals surface area (Å²) in [6, 6.07) is 15.3. The van der Waals surface area contributed by atoms with Gasteiger partial charge in [-0.3, -0.25) is 9.78 Å². The first kappa shape index (κ1) is 25.0. The van der Waals surface area contributed by atoms with Gasteiger partial charge in [-0.1, -0.05) is 17.7 Å². The van der Waals surface area contributed by atoms with E-state index in [1.165, 1.54) is 0 Å². The summed E-state index contributed by atoms with van der Waals surface area (Å²) in [7, 11) is 0. The number of carbonyl (C=O) groups is 1. The molecule has 0 aliphatic rings. The third-order valence-corrected chi connectivity index (χ3v) is 6.62. The standard InChI is InChI=1S/C28H30ClN7O/c29-20-4-6-25-19(13-20)14-21(35-25)16-32-9-2-1-8-31-11-12-34-28-23-7-10-33-17-24(23)22-5-3-18(27(30)37)15-26(22)36-28/h3-7,10,13-15,17,31-32,35H,1-2,8-9,11-12,16H2,(H2,30,37)(H,34,36). The summed E-state index contributed by atoms with van der Waals surface area (Å²) in [4.78, 5) is 24.1. The molecule has 9 heteroatoms. The molecule has 3 aromatic heterocycles. The lowest BCUT2D eigenvalue weighted by atomic mass is 10.1. The van der Waals surface area contributed by atoms with Crippen molar-refractivity contribution in [3.63, 3.8) is 0 Å². The number of nitrogens with zero attached hydrogens (tertiary/aromatic N) is 2. The van der Waals surface area contributed by atoms with Crippen LogP contribution in [0.25, 0.3) is 32.6 Å². The van der Waals surface area contributed by atoms with Gasteiger partial charge in [0.05, 0.1) is 5.52 Å². The lowest BCUT2D eigenvalue weighted by molar-refractivity contribution is 0.100. The van der Waals surface area contributed by atoms with E-state index in [0.717, 1.165) is 94.7 Å². The number of fused-ring (bicyclic) bond motifs is 4. The van der Waals surface area contributed by atoms with Crippen LogP contribution in [0.15, 0.2) is 60.9 Å². The molecule has 0 unspecified atom stereocenters. The molecule has 37 heavy (non-hydrogen) atoms. The van der Waals surface area contributed by atoms with Gasteiger partial charge in [0.2, 0.25) is 5.91 Å². The first-order valence-electron chi connectivity index (χ1n) is 12.5. The van der Waals surface area contributed by atoms with Crippen LogP contribution in [-0.2, 0) is 6.54 Å². The van der Waals surface area contributed by atoms with Gasteiger partial charge < -0.3 is 26.7 Å². The van der Waals surface area contributed by atoms with E-state index in [4.69, 9.17) is 22.3 Å². The highest BCUT2D eigenvalue weighted by Crippen LogP contribution is 2.29. The van der Waals surface area contributed by atoms with Crippen molar-refractivity contribution < 1.29 is 4.79 Å². The zero-order valence-electron chi connectivity index (χ0n) is 20.5. The lowest BCUT2D eigenvalue weighted by Crippen LogP contribution is -2.24. The molecule has 0 bridgehead atoms. The van der Waals surface area contributed by atoms with E-state index in [0.29, 0.717) is 5.56 Å². The molecule has 0 radical (unpaired) electrons. The van der Waals surface area contributed by atoms with E-state index in [1.807, 2.05) is 36.5 Å². The number of rotatable bonds is 12. The van der Waals surface area contributed by atoms with Gasteiger partial charge in [-0.25, -0.2) is 4.98 Å². The number of primary amides is 1. The third-order valence-electron chi connectivity index (χ3n) is 6.39. The Bertz CT molecular complexity index is 1550. The van der Waals surface area contributed by atoms with E-state index in [-0.39, 0.29) is 0 Å². The fourth-order valence-electron chi connectivity index (χ4n) is 4.51. The van der Waals surface area contributed by atoms with Crippen LogP contribution in [0.2, 0.25) is 5.02 Å². The number of hydrogen-bond acceptors (Lipinski definition) is 6. The van der Waals surface area contributed by atoms with Crippen LogP contribution < -0.4 is 21.7 Å². The highest BCUT2D eigenvalue weighted by molar-refractivity contribution is 6.31. The number of pyridine rings is 2. The molecular weight excluding hydrogens is 486 g/mol. The van der Waals surface area contributed by atoms with Crippen molar-refractivity contribution in [2.24, 2.45) is 5.73 Å². The van der Waals surface area contributed by atoms with Gasteiger partial charge in [0, 0.05) is 75.4 Å². The predicted molar refractivity (Wildman–Crippen MR) is 151 cm³/mol. The first-order valence-corrected chi connectivity index (χ1v) is 12.9. The number of anilines is 1. The molecule has 2 aromatic carbocycles. The van der Waals surface area contributed by atoms with Crippen LogP contribution >= 0.6 is 11.6 Å². The van der Waals surface area contributed by atoms with Gasteiger partial charge in [-0.15, -0.1) is 0 Å². The SMILES string of the molecule is NC(=O)c1ccc2c(c1)nc(NCCNCCCCNCc1cc3cc(Cl)ccc3[nH]1)c1ccncc12. The first-order chi connectivity index (χ1) is 18.1. The minimum Gasteiger partial charge on any atom is -0.368 e. The van der Waals surface area contributed by atoms with Gasteiger partial charge in [0.15, 0.2) is 0 Å². The van der Waals surface area contributed by atoms with E-state index >= 15 is 0 Å². The maximum atomic E-state index is 11.6. The van der Waals surface area contributed by atoms with Gasteiger partial charge in [-0.2, -0.15) is 0 Å². The molecule has 0 atom stereocenters. The van der Waals surface area contributed by atoms with Gasteiger partial charge in [-0.05, 0) is 68.4 Å². The van der Waals surface area contributed by atoms with Gasteiger partial charge in [0.1, 0.15) is 5.82 Å². The highest BCUT2D eigenvalue weighted by atomic mass is 35.5. The van der Waals surface area contributed by atoms with E-state index in [1.54, 1.807) is 18.3 Å². The number of nitrogens with one attached hydrogen (secondary N) is 4. The second-order valence-electron chi connectivity index (χ2n) is 9.06. The molecule has 0 fully saturated rings. The van der Waals surface area contributed by atoms with Crippen molar-refractivity contribution >= 4 is 55.9 Å². The van der Waals surface area contributed by atoms with Crippen LogP contribution in [0.5, 0.6) is 0 Å². The number of amides is 1. The number of unbranched alkanes of at least 4 members (excludes halogenated alkanes) is 1. The zero-order valence-corrected chi connectivity index (χ0v) is 21.2. The summed E-state index contributed by atoms with van der Waals surface area (Å²) in [5.74, 6) is 0.309. The number of H-pyrrole nitrogens is 1. The third kappa shape index (κ3) is 5.99. The molecule has 5 aromatic rings. The molecule has 0 aliphatic heterocycles. The maximum absolute atomic E-state index is 11.6. The Morgan fingerprint density at radius 2 is 1.78 bits per heavy atom. The Morgan fingerprint density at radius 3 is 2.65 bits per heavy atom. The summed E-state index contributed by atoms with van der Waals surface area (Å²) in [6.07, 6.45) is 5.78. The summed E-state index contributed by atoms with van der Waals surface area (Å²) in [6.45, 7) is 4.27. The van der Waals surface area contributed by atoms with E-state index < -0.39 is 5.91 Å². The van der Waals surface area contributed by atoms with Crippen molar-refractivity contribution in [1.29, 1.82) is 0 Å². The molecule has 0 saturated heterocycles. The minimum atomic E-state index is -0.466. The van der Waals surface area contributed by atoms with Crippen LogP contribution in [0, 0.1) is 0 Å². The topological polar surface area (TPSA) is 121 Å². The average Bonchev–Trinajstić information content (AvgIpc) is 3.31. The number of halogens is 1. The Hall–Kier alpha value is -3.72. The van der Waals surface area contributed by atoms with Crippen molar-refractivity contribution in [2.75, 3.05) is 31.5 Å². The molecule has 6 N–H and O–H groups in total. The van der Waals surface area contributed by atoms with Crippen molar-refractivity contribution in [1.82, 2.24) is 25.6 Å². The predicted octanol–water partition coefficient (Wildman–Crippen LogP) is 4.59. The van der Waals surface area contributed by atoms with Crippen LogP contribution in [-0.4, -0.2) is 47.0 Å². The van der Waals surface area contributed by atoms with Crippen LogP contribution in [0.1, 0.15) is 28.9 Å². The fourth-order valence-corrected chi connectivity index (χ4v) is 4.69. The molecule has 8 nitrogen and oxygen atoms in total. The number of nitrogens with two attached hydrogens (primary N) is 1. The number of aromatic amines is 1.